The van der Waals surface area contributed by atoms with Gasteiger partial charge in [-0.3, -0.25) is 0 Å². The third-order valence-electron chi connectivity index (χ3n) is 1.87. The van der Waals surface area contributed by atoms with Gasteiger partial charge in [0.1, 0.15) is 0 Å². The van der Waals surface area contributed by atoms with Crippen LogP contribution in [0, 0.1) is 0 Å². The lowest BCUT2D eigenvalue weighted by Gasteiger charge is -1.91. The summed E-state index contributed by atoms with van der Waals surface area (Å²) in [4.78, 5) is 0. The van der Waals surface area contributed by atoms with Gasteiger partial charge >= 0.3 is 0 Å². The Hall–Kier alpha value is -1.55. The van der Waals surface area contributed by atoms with Crippen LogP contribution in [0.15, 0.2) is 33.9 Å². The Morgan fingerprint density at radius 1 is 1.50 bits per heavy atom. The molecule has 0 aliphatic carbocycles. The predicted octanol–water partition coefficient (Wildman–Crippen LogP) is 2.40. The molecule has 0 spiro atoms. The lowest BCUT2D eigenvalue weighted by molar-refractivity contribution is 0.319. The van der Waals surface area contributed by atoms with Crippen molar-refractivity contribution in [2.24, 2.45) is 5.16 Å². The van der Waals surface area contributed by atoms with Gasteiger partial charge in [-0.1, -0.05) is 34.0 Å². The van der Waals surface area contributed by atoms with Crippen LogP contribution in [0.1, 0.15) is 5.69 Å². The van der Waals surface area contributed by atoms with Gasteiger partial charge in [0, 0.05) is 5.39 Å². The molecule has 0 fully saturated rings. The van der Waals surface area contributed by atoms with E-state index in [1.165, 1.54) is 0 Å². The quantitative estimate of drug-likeness (QED) is 0.470. The van der Waals surface area contributed by atoms with Gasteiger partial charge in [-0.2, -0.15) is 0 Å². The van der Waals surface area contributed by atoms with Crippen LogP contribution in [-0.4, -0.2) is 15.5 Å². The summed E-state index contributed by atoms with van der Waals surface area (Å²) in [5.41, 5.74) is 1.37. The van der Waals surface area contributed by atoms with Crippen molar-refractivity contribution in [1.82, 2.24) is 5.16 Å². The van der Waals surface area contributed by atoms with Crippen LogP contribution in [0.4, 0.5) is 0 Å². The van der Waals surface area contributed by atoms with E-state index >= 15 is 0 Å². The zero-order valence-electron chi connectivity index (χ0n) is 7.14. The SMILES string of the molecule is ON=C(Cl)Cc1noc2ccccc12. The molecule has 1 aromatic carbocycles. The number of para-hydroxylation sites is 1. The molecule has 0 atom stereocenters. The van der Waals surface area contributed by atoms with Gasteiger partial charge in [-0.15, -0.1) is 0 Å². The van der Waals surface area contributed by atoms with Crippen molar-refractivity contribution in [3.05, 3.63) is 30.0 Å². The Morgan fingerprint density at radius 2 is 2.29 bits per heavy atom. The minimum Gasteiger partial charge on any atom is -0.410 e. The summed E-state index contributed by atoms with van der Waals surface area (Å²) in [6.45, 7) is 0. The summed E-state index contributed by atoms with van der Waals surface area (Å²) in [6, 6.07) is 7.44. The fourth-order valence-corrected chi connectivity index (χ4v) is 1.37. The summed E-state index contributed by atoms with van der Waals surface area (Å²) in [6.07, 6.45) is 0.273. The molecule has 0 aliphatic heterocycles. The molecule has 0 bridgehead atoms. The van der Waals surface area contributed by atoms with Crippen LogP contribution in [-0.2, 0) is 6.42 Å². The average Bonchev–Trinajstić information content (AvgIpc) is 2.62. The second-order valence-electron chi connectivity index (χ2n) is 2.78. The third kappa shape index (κ3) is 1.56. The van der Waals surface area contributed by atoms with Crippen LogP contribution < -0.4 is 0 Å². The van der Waals surface area contributed by atoms with E-state index in [4.69, 9.17) is 21.3 Å². The van der Waals surface area contributed by atoms with E-state index in [9.17, 15) is 0 Å². The van der Waals surface area contributed by atoms with Gasteiger partial charge in [0.25, 0.3) is 0 Å². The van der Waals surface area contributed by atoms with Gasteiger partial charge in [0.05, 0.1) is 12.1 Å². The summed E-state index contributed by atoms with van der Waals surface area (Å²) >= 11 is 5.58. The van der Waals surface area contributed by atoms with E-state index in [0.29, 0.717) is 11.3 Å². The highest BCUT2D eigenvalue weighted by Gasteiger charge is 2.09. The number of fused-ring (bicyclic) bond motifs is 1. The first-order valence-electron chi connectivity index (χ1n) is 4.01. The first-order valence-corrected chi connectivity index (χ1v) is 4.39. The van der Waals surface area contributed by atoms with Crippen molar-refractivity contribution in [3.8, 4) is 0 Å². The number of oxime groups is 1. The summed E-state index contributed by atoms with van der Waals surface area (Å²) < 4.78 is 5.05. The first-order chi connectivity index (χ1) is 6.81. The Labute approximate surface area is 84.8 Å². The Balaban J connectivity index is 2.43. The molecule has 1 N–H and O–H groups in total. The molecule has 1 aromatic heterocycles. The number of hydrogen-bond acceptors (Lipinski definition) is 4. The monoisotopic (exact) mass is 210 g/mol. The van der Waals surface area contributed by atoms with Crippen LogP contribution in [0.3, 0.4) is 0 Å². The maximum atomic E-state index is 8.40. The number of halogens is 1. The molecule has 72 valence electrons. The Bertz CT molecular complexity index is 478. The Morgan fingerprint density at radius 3 is 3.07 bits per heavy atom. The molecule has 0 saturated heterocycles. The minimum absolute atomic E-state index is 0.0871. The molecule has 2 rings (SSSR count). The zero-order valence-corrected chi connectivity index (χ0v) is 7.90. The maximum absolute atomic E-state index is 8.40. The lowest BCUT2D eigenvalue weighted by Crippen LogP contribution is -1.94. The summed E-state index contributed by atoms with van der Waals surface area (Å²) in [7, 11) is 0. The Kier molecular flexibility index (Phi) is 2.37. The number of benzene rings is 1. The van der Waals surface area contributed by atoms with Crippen molar-refractivity contribution >= 4 is 27.7 Å². The molecule has 5 heteroatoms. The van der Waals surface area contributed by atoms with E-state index in [-0.39, 0.29) is 11.6 Å². The van der Waals surface area contributed by atoms with Crippen molar-refractivity contribution in [1.29, 1.82) is 0 Å². The molecule has 2 aromatic rings. The van der Waals surface area contributed by atoms with Gasteiger partial charge in [-0.05, 0) is 12.1 Å². The first kappa shape index (κ1) is 9.02. The third-order valence-corrected chi connectivity index (χ3v) is 2.08. The average molecular weight is 211 g/mol. The van der Waals surface area contributed by atoms with E-state index < -0.39 is 0 Å². The molecule has 1 heterocycles. The molecule has 4 nitrogen and oxygen atoms in total. The second kappa shape index (κ2) is 3.67. The molecule has 14 heavy (non-hydrogen) atoms. The van der Waals surface area contributed by atoms with Crippen molar-refractivity contribution in [2.45, 2.75) is 6.42 Å². The molecular formula is C9H7ClN2O2. The van der Waals surface area contributed by atoms with Crippen molar-refractivity contribution in [2.75, 3.05) is 0 Å². The number of aromatic nitrogens is 1. The van der Waals surface area contributed by atoms with Crippen LogP contribution in [0.2, 0.25) is 0 Å². The second-order valence-corrected chi connectivity index (χ2v) is 3.21. The summed E-state index contributed by atoms with van der Waals surface area (Å²) in [5.74, 6) is 0. The topological polar surface area (TPSA) is 58.6 Å². The molecule has 0 amide bonds. The fraction of sp³-hybridized carbons (Fsp3) is 0.111. The molecule has 0 radical (unpaired) electrons. The fourth-order valence-electron chi connectivity index (χ4n) is 1.24. The van der Waals surface area contributed by atoms with Crippen LogP contribution in [0.5, 0.6) is 0 Å². The molecule has 0 saturated carbocycles. The molecule has 0 aliphatic rings. The van der Waals surface area contributed by atoms with Gasteiger partial charge in [-0.25, -0.2) is 0 Å². The maximum Gasteiger partial charge on any atom is 0.167 e. The smallest absolute Gasteiger partial charge is 0.167 e. The van der Waals surface area contributed by atoms with Crippen LogP contribution >= 0.6 is 11.6 Å². The summed E-state index contributed by atoms with van der Waals surface area (Å²) in [5, 5.41) is 16.1. The molecule has 0 unspecified atom stereocenters. The van der Waals surface area contributed by atoms with Crippen molar-refractivity contribution in [3.63, 3.8) is 0 Å². The number of nitrogens with zero attached hydrogens (tertiary/aromatic N) is 2. The normalized spacial score (nSPS) is 12.2. The lowest BCUT2D eigenvalue weighted by atomic mass is 10.2. The minimum atomic E-state index is 0.0871. The van der Waals surface area contributed by atoms with Gasteiger partial charge < -0.3 is 9.73 Å². The van der Waals surface area contributed by atoms with E-state index in [1.54, 1.807) is 0 Å². The molecular weight excluding hydrogens is 204 g/mol. The highest BCUT2D eigenvalue weighted by atomic mass is 35.5. The van der Waals surface area contributed by atoms with Crippen molar-refractivity contribution < 1.29 is 9.73 Å². The van der Waals surface area contributed by atoms with E-state index in [2.05, 4.69) is 10.3 Å². The zero-order chi connectivity index (χ0) is 9.97. The number of rotatable bonds is 2. The number of hydrogen-bond donors (Lipinski definition) is 1. The highest BCUT2D eigenvalue weighted by molar-refractivity contribution is 6.65. The van der Waals surface area contributed by atoms with Gasteiger partial charge in [0.15, 0.2) is 10.8 Å². The predicted molar refractivity (Wildman–Crippen MR) is 52.8 cm³/mol. The van der Waals surface area contributed by atoms with Crippen LogP contribution in [0.25, 0.3) is 11.0 Å². The van der Waals surface area contributed by atoms with Gasteiger partial charge in [0.2, 0.25) is 0 Å². The standard InChI is InChI=1S/C9H7ClN2O2/c10-9(11-13)5-7-6-3-1-2-4-8(6)14-12-7/h1-4,13H,5H2. The highest BCUT2D eigenvalue weighted by Crippen LogP contribution is 2.18. The van der Waals surface area contributed by atoms with E-state index in [1.807, 2.05) is 24.3 Å². The largest absolute Gasteiger partial charge is 0.410 e. The van der Waals surface area contributed by atoms with E-state index in [0.717, 1.165) is 5.39 Å².